The van der Waals surface area contributed by atoms with Gasteiger partial charge in [0.15, 0.2) is 0 Å². The maximum absolute atomic E-state index is 11.9. The van der Waals surface area contributed by atoms with Crippen LogP contribution in [0.2, 0.25) is 0 Å². The van der Waals surface area contributed by atoms with Crippen LogP contribution in [-0.4, -0.2) is 31.7 Å². The molecule has 1 unspecified atom stereocenters. The third-order valence-corrected chi connectivity index (χ3v) is 7.02. The number of aromatic nitrogens is 3. The van der Waals surface area contributed by atoms with Crippen LogP contribution in [0.25, 0.3) is 5.69 Å². The van der Waals surface area contributed by atoms with Crippen molar-refractivity contribution in [2.24, 2.45) is 0 Å². The molecular formula is C17H22N4OS2. The van der Waals surface area contributed by atoms with Gasteiger partial charge in [-0.3, -0.25) is 4.79 Å². The number of hydrogen-bond acceptors (Lipinski definition) is 5. The summed E-state index contributed by atoms with van der Waals surface area (Å²) in [5.74, 6) is 1.43. The van der Waals surface area contributed by atoms with E-state index in [1.54, 1.807) is 11.0 Å². The Hall–Kier alpha value is -1.47. The predicted octanol–water partition coefficient (Wildman–Crippen LogP) is 3.60. The van der Waals surface area contributed by atoms with E-state index in [4.69, 9.17) is 0 Å². The van der Waals surface area contributed by atoms with E-state index in [2.05, 4.69) is 15.4 Å². The fourth-order valence-corrected chi connectivity index (χ4v) is 5.65. The SMILES string of the molecule is O=C(CCCCC1CCSS1)NCc1ccc(-n2cncn2)cc1. The van der Waals surface area contributed by atoms with Crippen molar-refractivity contribution < 1.29 is 4.79 Å². The highest BCUT2D eigenvalue weighted by Gasteiger charge is 2.15. The van der Waals surface area contributed by atoms with Gasteiger partial charge in [0.05, 0.1) is 5.69 Å². The average Bonchev–Trinajstić information content (AvgIpc) is 3.31. The molecule has 1 amide bonds. The van der Waals surface area contributed by atoms with Gasteiger partial charge in [0.2, 0.25) is 5.91 Å². The normalized spacial score (nSPS) is 17.1. The molecular weight excluding hydrogens is 340 g/mol. The van der Waals surface area contributed by atoms with Gasteiger partial charge >= 0.3 is 0 Å². The summed E-state index contributed by atoms with van der Waals surface area (Å²) in [5.41, 5.74) is 2.05. The highest BCUT2D eigenvalue weighted by molar-refractivity contribution is 8.77. The van der Waals surface area contributed by atoms with Crippen LogP contribution in [0.4, 0.5) is 0 Å². The average molecular weight is 363 g/mol. The molecule has 0 spiro atoms. The maximum atomic E-state index is 11.9. The lowest BCUT2D eigenvalue weighted by molar-refractivity contribution is -0.121. The molecule has 1 aromatic heterocycles. The fraction of sp³-hybridized carbons (Fsp3) is 0.471. The van der Waals surface area contributed by atoms with E-state index >= 15 is 0 Å². The van der Waals surface area contributed by atoms with Crippen molar-refractivity contribution in [1.82, 2.24) is 20.1 Å². The zero-order valence-electron chi connectivity index (χ0n) is 13.6. The number of carbonyl (C=O) groups excluding carboxylic acids is 1. The number of unbranched alkanes of at least 4 members (excludes halogenated alkanes) is 1. The number of rotatable bonds is 8. The first kappa shape index (κ1) is 17.4. The summed E-state index contributed by atoms with van der Waals surface area (Å²) < 4.78 is 1.71. The molecule has 1 aromatic carbocycles. The number of hydrogen-bond donors (Lipinski definition) is 1. The van der Waals surface area contributed by atoms with E-state index in [0.29, 0.717) is 13.0 Å². The Morgan fingerprint density at radius 1 is 1.29 bits per heavy atom. The van der Waals surface area contributed by atoms with Gasteiger partial charge in [-0.25, -0.2) is 9.67 Å². The van der Waals surface area contributed by atoms with Gasteiger partial charge in [0, 0.05) is 24.0 Å². The summed E-state index contributed by atoms with van der Waals surface area (Å²) in [5, 5.41) is 7.90. The summed E-state index contributed by atoms with van der Waals surface area (Å²) in [4.78, 5) is 15.9. The van der Waals surface area contributed by atoms with Gasteiger partial charge in [-0.15, -0.1) is 0 Å². The third-order valence-electron chi connectivity index (χ3n) is 4.02. The molecule has 0 bridgehead atoms. The van der Waals surface area contributed by atoms with Crippen LogP contribution in [0.5, 0.6) is 0 Å². The van der Waals surface area contributed by atoms with Crippen LogP contribution < -0.4 is 5.32 Å². The Morgan fingerprint density at radius 2 is 2.17 bits per heavy atom. The maximum Gasteiger partial charge on any atom is 0.220 e. The second-order valence-corrected chi connectivity index (χ2v) is 8.65. The molecule has 1 aliphatic heterocycles. The van der Waals surface area contributed by atoms with Gasteiger partial charge in [0.1, 0.15) is 12.7 Å². The van der Waals surface area contributed by atoms with E-state index in [1.165, 1.54) is 24.9 Å². The second kappa shape index (κ2) is 9.13. The zero-order chi connectivity index (χ0) is 16.6. The molecule has 128 valence electrons. The van der Waals surface area contributed by atoms with Crippen LogP contribution in [0.15, 0.2) is 36.9 Å². The minimum Gasteiger partial charge on any atom is -0.352 e. The van der Waals surface area contributed by atoms with Crippen molar-refractivity contribution in [3.63, 3.8) is 0 Å². The molecule has 2 aromatic rings. The minimum atomic E-state index is 0.142. The molecule has 0 aliphatic carbocycles. The Labute approximate surface area is 150 Å². The summed E-state index contributed by atoms with van der Waals surface area (Å²) in [6, 6.07) is 7.97. The lowest BCUT2D eigenvalue weighted by Gasteiger charge is -2.08. The van der Waals surface area contributed by atoms with E-state index in [1.807, 2.05) is 45.9 Å². The Bertz CT molecular complexity index is 625. The Kier molecular flexibility index (Phi) is 6.60. The van der Waals surface area contributed by atoms with Gasteiger partial charge in [-0.1, -0.05) is 40.1 Å². The van der Waals surface area contributed by atoms with E-state index in [9.17, 15) is 4.79 Å². The largest absolute Gasteiger partial charge is 0.352 e. The summed E-state index contributed by atoms with van der Waals surface area (Å²) in [7, 11) is 4.00. The molecule has 1 aliphatic rings. The van der Waals surface area contributed by atoms with E-state index in [-0.39, 0.29) is 5.91 Å². The highest BCUT2D eigenvalue weighted by atomic mass is 33.1. The quantitative estimate of drug-likeness (QED) is 0.574. The third kappa shape index (κ3) is 5.27. The first-order valence-corrected chi connectivity index (χ1v) is 10.7. The topological polar surface area (TPSA) is 59.8 Å². The molecule has 7 heteroatoms. The van der Waals surface area contributed by atoms with Gasteiger partial charge in [-0.2, -0.15) is 5.10 Å². The smallest absolute Gasteiger partial charge is 0.220 e. The van der Waals surface area contributed by atoms with Crippen molar-refractivity contribution in [2.75, 3.05) is 5.75 Å². The van der Waals surface area contributed by atoms with Gasteiger partial charge < -0.3 is 5.32 Å². The number of amides is 1. The number of nitrogens with zero attached hydrogens (tertiary/aromatic N) is 3. The molecule has 1 N–H and O–H groups in total. The lowest BCUT2D eigenvalue weighted by atomic mass is 10.1. The molecule has 1 saturated heterocycles. The minimum absolute atomic E-state index is 0.142. The Balaban J connectivity index is 1.33. The van der Waals surface area contributed by atoms with Crippen molar-refractivity contribution >= 4 is 27.5 Å². The molecule has 0 saturated carbocycles. The lowest BCUT2D eigenvalue weighted by Crippen LogP contribution is -2.22. The molecule has 5 nitrogen and oxygen atoms in total. The standard InChI is InChI=1S/C17H22N4OS2/c22-17(4-2-1-3-16-9-10-23-24-16)19-11-14-5-7-15(8-6-14)21-13-18-12-20-21/h5-8,12-13,16H,1-4,9-11H2,(H,19,22). The molecule has 3 rings (SSSR count). The Morgan fingerprint density at radius 3 is 2.88 bits per heavy atom. The van der Waals surface area contributed by atoms with E-state index in [0.717, 1.165) is 29.3 Å². The second-order valence-electron chi connectivity index (χ2n) is 5.86. The van der Waals surface area contributed by atoms with Crippen LogP contribution >= 0.6 is 21.6 Å². The first-order valence-electron chi connectivity index (χ1n) is 8.30. The van der Waals surface area contributed by atoms with Crippen molar-refractivity contribution in [3.8, 4) is 5.69 Å². The van der Waals surface area contributed by atoms with Gasteiger partial charge in [-0.05, 0) is 37.0 Å². The molecule has 0 radical (unpaired) electrons. The van der Waals surface area contributed by atoms with Crippen molar-refractivity contribution in [1.29, 1.82) is 0 Å². The van der Waals surface area contributed by atoms with Crippen LogP contribution in [-0.2, 0) is 11.3 Å². The molecule has 24 heavy (non-hydrogen) atoms. The summed E-state index contributed by atoms with van der Waals surface area (Å²) in [6.45, 7) is 0.575. The summed E-state index contributed by atoms with van der Waals surface area (Å²) in [6.07, 6.45) is 8.51. The molecule has 2 heterocycles. The number of benzene rings is 1. The first-order chi connectivity index (χ1) is 11.8. The van der Waals surface area contributed by atoms with E-state index < -0.39 is 0 Å². The van der Waals surface area contributed by atoms with Crippen LogP contribution in [0, 0.1) is 0 Å². The molecule has 1 atom stereocenters. The number of carbonyl (C=O) groups is 1. The zero-order valence-corrected chi connectivity index (χ0v) is 15.2. The highest BCUT2D eigenvalue weighted by Crippen LogP contribution is 2.39. The van der Waals surface area contributed by atoms with Crippen LogP contribution in [0.1, 0.15) is 37.7 Å². The monoisotopic (exact) mass is 362 g/mol. The summed E-state index contributed by atoms with van der Waals surface area (Å²) >= 11 is 0. The van der Waals surface area contributed by atoms with Gasteiger partial charge in [0.25, 0.3) is 0 Å². The predicted molar refractivity (Wildman–Crippen MR) is 100 cm³/mol. The molecule has 1 fully saturated rings. The van der Waals surface area contributed by atoms with Crippen molar-refractivity contribution in [3.05, 3.63) is 42.5 Å². The fourth-order valence-electron chi connectivity index (χ4n) is 2.62. The van der Waals surface area contributed by atoms with Crippen molar-refractivity contribution in [2.45, 2.75) is 43.9 Å². The number of nitrogens with one attached hydrogen (secondary N) is 1. The van der Waals surface area contributed by atoms with Crippen LogP contribution in [0.3, 0.4) is 0 Å².